The number of nitrogens with zero attached hydrogens (tertiary/aromatic N) is 2. The molecule has 0 bridgehead atoms. The molecule has 9 heteroatoms. The summed E-state index contributed by atoms with van der Waals surface area (Å²) in [6, 6.07) is 9.28. The number of alkyl halides is 3. The minimum absolute atomic E-state index is 0.130. The molecule has 0 heterocycles. The monoisotopic (exact) mass is 387 g/mol. The number of anilines is 1. The van der Waals surface area contributed by atoms with Gasteiger partial charge in [-0.1, -0.05) is 28.1 Å². The molecule has 0 aromatic heterocycles. The van der Waals surface area contributed by atoms with Crippen LogP contribution in [-0.4, -0.2) is 11.1 Å². The topological polar surface area (TPSA) is 67.5 Å². The van der Waals surface area contributed by atoms with E-state index in [0.29, 0.717) is 11.6 Å². The highest BCUT2D eigenvalue weighted by Gasteiger charge is 2.33. The molecule has 0 amide bonds. The maximum Gasteiger partial charge on any atom is 0.416 e. The summed E-state index contributed by atoms with van der Waals surface area (Å²) >= 11 is 3.28. The van der Waals surface area contributed by atoms with Crippen LogP contribution in [0.5, 0.6) is 0 Å². The van der Waals surface area contributed by atoms with Gasteiger partial charge in [0, 0.05) is 10.5 Å². The second kappa shape index (κ2) is 6.78. The van der Waals surface area contributed by atoms with Gasteiger partial charge in [-0.15, -0.1) is 0 Å². The minimum Gasteiger partial charge on any atom is -0.272 e. The summed E-state index contributed by atoms with van der Waals surface area (Å²) in [6.45, 7) is 0. The molecule has 5 nitrogen and oxygen atoms in total. The molecule has 0 atom stereocenters. The average Bonchev–Trinajstić information content (AvgIpc) is 2.46. The zero-order chi connectivity index (χ0) is 17.0. The lowest BCUT2D eigenvalue weighted by Crippen LogP contribution is -2.06. The molecule has 2 aromatic rings. The van der Waals surface area contributed by atoms with E-state index >= 15 is 0 Å². The number of hydrogen-bond acceptors (Lipinski definition) is 4. The van der Waals surface area contributed by atoms with E-state index in [1.165, 1.54) is 6.21 Å². The summed E-state index contributed by atoms with van der Waals surface area (Å²) < 4.78 is 38.6. The van der Waals surface area contributed by atoms with Crippen molar-refractivity contribution >= 4 is 33.5 Å². The lowest BCUT2D eigenvalue weighted by Gasteiger charge is -2.08. The predicted molar refractivity (Wildman–Crippen MR) is 83.5 cm³/mol. The maximum atomic E-state index is 12.6. The van der Waals surface area contributed by atoms with Gasteiger partial charge in [0.1, 0.15) is 5.69 Å². The van der Waals surface area contributed by atoms with Gasteiger partial charge in [0.05, 0.1) is 16.7 Å². The largest absolute Gasteiger partial charge is 0.416 e. The Labute approximate surface area is 137 Å². The first-order chi connectivity index (χ1) is 10.8. The van der Waals surface area contributed by atoms with E-state index < -0.39 is 22.4 Å². The van der Waals surface area contributed by atoms with Crippen LogP contribution in [0.1, 0.15) is 11.1 Å². The van der Waals surface area contributed by atoms with Crippen molar-refractivity contribution in [2.75, 3.05) is 5.43 Å². The summed E-state index contributed by atoms with van der Waals surface area (Å²) in [5.74, 6) is 0. The summed E-state index contributed by atoms with van der Waals surface area (Å²) in [6.07, 6.45) is -3.25. The van der Waals surface area contributed by atoms with Crippen molar-refractivity contribution in [1.29, 1.82) is 0 Å². The molecule has 0 aliphatic carbocycles. The van der Waals surface area contributed by atoms with Crippen molar-refractivity contribution in [3.63, 3.8) is 0 Å². The third-order valence-corrected chi connectivity index (χ3v) is 3.26. The second-order valence-electron chi connectivity index (χ2n) is 4.41. The van der Waals surface area contributed by atoms with E-state index in [-0.39, 0.29) is 5.69 Å². The smallest absolute Gasteiger partial charge is 0.272 e. The van der Waals surface area contributed by atoms with E-state index in [2.05, 4.69) is 26.5 Å². The first-order valence-corrected chi connectivity index (χ1v) is 6.97. The van der Waals surface area contributed by atoms with Crippen LogP contribution in [0.4, 0.5) is 24.5 Å². The molecule has 1 N–H and O–H groups in total. The van der Waals surface area contributed by atoms with Crippen molar-refractivity contribution in [3.8, 4) is 0 Å². The molecule has 0 radical (unpaired) electrons. The van der Waals surface area contributed by atoms with Crippen LogP contribution in [0.15, 0.2) is 52.0 Å². The van der Waals surface area contributed by atoms with Crippen molar-refractivity contribution < 1.29 is 18.1 Å². The van der Waals surface area contributed by atoms with Gasteiger partial charge in [0.15, 0.2) is 0 Å². The van der Waals surface area contributed by atoms with E-state index in [4.69, 9.17) is 0 Å². The Morgan fingerprint density at radius 3 is 2.57 bits per heavy atom. The number of rotatable bonds is 4. The normalized spacial score (nSPS) is 11.7. The molecule has 2 aromatic carbocycles. The fraction of sp³-hybridized carbons (Fsp3) is 0.0714. The number of nitro benzene ring substituents is 1. The molecule has 0 aliphatic heterocycles. The molecular formula is C14H9BrF3N3O2. The third kappa shape index (κ3) is 4.52. The van der Waals surface area contributed by atoms with Gasteiger partial charge in [-0.05, 0) is 29.8 Å². The maximum absolute atomic E-state index is 12.6. The highest BCUT2D eigenvalue weighted by molar-refractivity contribution is 9.10. The Hall–Kier alpha value is -2.42. The van der Waals surface area contributed by atoms with Crippen molar-refractivity contribution in [3.05, 3.63) is 68.2 Å². The standard InChI is InChI=1S/C14H9BrF3N3O2/c15-11-3-1-2-9(6-11)8-19-20-12-5-4-10(14(16,17)18)7-13(12)21(22)23/h1-8,20H. The van der Waals surface area contributed by atoms with Gasteiger partial charge >= 0.3 is 6.18 Å². The predicted octanol–water partition coefficient (Wildman–Crippen LogP) is 4.82. The first-order valence-electron chi connectivity index (χ1n) is 6.17. The average molecular weight is 388 g/mol. The van der Waals surface area contributed by atoms with Crippen LogP contribution >= 0.6 is 15.9 Å². The van der Waals surface area contributed by atoms with Crippen LogP contribution in [0, 0.1) is 10.1 Å². The lowest BCUT2D eigenvalue weighted by atomic mass is 10.1. The highest BCUT2D eigenvalue weighted by atomic mass is 79.9. The fourth-order valence-electron chi connectivity index (χ4n) is 1.72. The number of halogens is 4. The summed E-state index contributed by atoms with van der Waals surface area (Å²) in [4.78, 5) is 10.0. The van der Waals surface area contributed by atoms with Gasteiger partial charge < -0.3 is 0 Å². The number of nitrogens with one attached hydrogen (secondary N) is 1. The quantitative estimate of drug-likeness (QED) is 0.464. The molecule has 0 saturated heterocycles. The SMILES string of the molecule is O=[N+]([O-])c1cc(C(F)(F)F)ccc1NN=Cc1cccc(Br)c1. The number of nitro groups is 1. The molecule has 23 heavy (non-hydrogen) atoms. The van der Waals surface area contributed by atoms with Crippen molar-refractivity contribution in [2.24, 2.45) is 5.10 Å². The Balaban J connectivity index is 2.24. The van der Waals surface area contributed by atoms with Crippen molar-refractivity contribution in [2.45, 2.75) is 6.18 Å². The van der Waals surface area contributed by atoms with E-state index in [0.717, 1.165) is 16.6 Å². The van der Waals surface area contributed by atoms with E-state index in [9.17, 15) is 23.3 Å². The van der Waals surface area contributed by atoms with Gasteiger partial charge in [-0.25, -0.2) is 0 Å². The number of hydrazone groups is 1. The Morgan fingerprint density at radius 2 is 1.96 bits per heavy atom. The van der Waals surface area contributed by atoms with Gasteiger partial charge in [0.25, 0.3) is 5.69 Å². The van der Waals surface area contributed by atoms with Crippen LogP contribution in [0.25, 0.3) is 0 Å². The fourth-order valence-corrected chi connectivity index (χ4v) is 2.13. The summed E-state index contributed by atoms with van der Waals surface area (Å²) in [7, 11) is 0. The van der Waals surface area contributed by atoms with E-state index in [1.807, 2.05) is 6.07 Å². The summed E-state index contributed by atoms with van der Waals surface area (Å²) in [5.41, 5.74) is 1.17. The molecule has 0 saturated carbocycles. The number of benzene rings is 2. The number of hydrogen-bond donors (Lipinski definition) is 1. The Morgan fingerprint density at radius 1 is 1.22 bits per heavy atom. The molecule has 0 aliphatic rings. The lowest BCUT2D eigenvalue weighted by molar-refractivity contribution is -0.384. The molecule has 0 spiro atoms. The highest BCUT2D eigenvalue weighted by Crippen LogP contribution is 2.34. The third-order valence-electron chi connectivity index (χ3n) is 2.77. The Bertz CT molecular complexity index is 763. The van der Waals surface area contributed by atoms with Gasteiger partial charge in [0.2, 0.25) is 0 Å². The molecule has 2 rings (SSSR count). The van der Waals surface area contributed by atoms with Gasteiger partial charge in [-0.2, -0.15) is 18.3 Å². The van der Waals surface area contributed by atoms with E-state index in [1.54, 1.807) is 18.2 Å². The van der Waals surface area contributed by atoms with Crippen molar-refractivity contribution in [1.82, 2.24) is 0 Å². The van der Waals surface area contributed by atoms with Crippen LogP contribution in [0.3, 0.4) is 0 Å². The van der Waals surface area contributed by atoms with Crippen LogP contribution in [0.2, 0.25) is 0 Å². The zero-order valence-electron chi connectivity index (χ0n) is 11.3. The summed E-state index contributed by atoms with van der Waals surface area (Å²) in [5, 5.41) is 14.7. The minimum atomic E-state index is -4.65. The second-order valence-corrected chi connectivity index (χ2v) is 5.33. The molecular weight excluding hydrogens is 379 g/mol. The molecule has 120 valence electrons. The zero-order valence-corrected chi connectivity index (χ0v) is 12.9. The Kier molecular flexibility index (Phi) is 4.99. The molecule has 0 unspecified atom stereocenters. The molecule has 0 fully saturated rings. The first kappa shape index (κ1) is 16.9. The van der Waals surface area contributed by atoms with Crippen LogP contribution < -0.4 is 5.43 Å². The van der Waals surface area contributed by atoms with Crippen LogP contribution in [-0.2, 0) is 6.18 Å². The van der Waals surface area contributed by atoms with Gasteiger partial charge in [-0.3, -0.25) is 15.5 Å².